The van der Waals surface area contributed by atoms with Crippen molar-refractivity contribution in [2.24, 2.45) is 5.92 Å². The lowest BCUT2D eigenvalue weighted by Crippen LogP contribution is -2.13. The molecule has 2 fully saturated rings. The molecule has 1 aromatic heterocycles. The van der Waals surface area contributed by atoms with Crippen LogP contribution in [0.5, 0.6) is 0 Å². The van der Waals surface area contributed by atoms with Gasteiger partial charge in [0.05, 0.1) is 6.07 Å². The summed E-state index contributed by atoms with van der Waals surface area (Å²) >= 11 is 0. The van der Waals surface area contributed by atoms with Gasteiger partial charge in [0.1, 0.15) is 5.41 Å². The Labute approximate surface area is 186 Å². The molecule has 0 spiro atoms. The van der Waals surface area contributed by atoms with Crippen LogP contribution >= 0.6 is 0 Å². The van der Waals surface area contributed by atoms with Gasteiger partial charge in [-0.1, -0.05) is 50.7 Å². The Morgan fingerprint density at radius 3 is 2.45 bits per heavy atom. The van der Waals surface area contributed by atoms with Crippen LogP contribution in [0.3, 0.4) is 0 Å². The Bertz CT molecular complexity index is 842. The van der Waals surface area contributed by atoms with Crippen LogP contribution in [0.25, 0.3) is 11.5 Å². The highest BCUT2D eigenvalue weighted by molar-refractivity contribution is 5.53. The third-order valence-corrected chi connectivity index (χ3v) is 6.83. The zero-order valence-electron chi connectivity index (χ0n) is 18.7. The molecule has 0 radical (unpaired) electrons. The molecule has 5 nitrogen and oxygen atoms in total. The van der Waals surface area contributed by atoms with Gasteiger partial charge in [-0.3, -0.25) is 0 Å². The first-order chi connectivity index (χ1) is 15.3. The van der Waals surface area contributed by atoms with Crippen molar-refractivity contribution in [2.75, 3.05) is 13.2 Å². The molecule has 166 valence electrons. The fourth-order valence-corrected chi connectivity index (χ4v) is 4.51. The molecule has 1 heterocycles. The molecule has 31 heavy (non-hydrogen) atoms. The lowest BCUT2D eigenvalue weighted by molar-refractivity contribution is 0.0824. The fraction of sp³-hybridized carbons (Fsp3) is 0.654. The summed E-state index contributed by atoms with van der Waals surface area (Å²) in [7, 11) is 0. The summed E-state index contributed by atoms with van der Waals surface area (Å²) in [6.45, 7) is 1.92. The summed E-state index contributed by atoms with van der Waals surface area (Å²) in [5.41, 5.74) is 1.74. The van der Waals surface area contributed by atoms with Crippen molar-refractivity contribution in [1.82, 2.24) is 10.2 Å². The third-order valence-electron chi connectivity index (χ3n) is 6.83. The number of aromatic nitrogens is 2. The number of hydrogen-bond acceptors (Lipinski definition) is 5. The van der Waals surface area contributed by atoms with E-state index in [0.717, 1.165) is 44.0 Å². The van der Waals surface area contributed by atoms with Crippen LogP contribution in [0, 0.1) is 17.2 Å². The van der Waals surface area contributed by atoms with Crippen LogP contribution < -0.4 is 0 Å². The molecule has 0 aliphatic heterocycles. The molecule has 0 N–H and O–H groups in total. The maximum atomic E-state index is 9.27. The molecule has 1 aromatic carbocycles. The van der Waals surface area contributed by atoms with Crippen molar-refractivity contribution in [3.05, 3.63) is 35.7 Å². The van der Waals surface area contributed by atoms with E-state index in [4.69, 9.17) is 9.15 Å². The van der Waals surface area contributed by atoms with Crippen molar-refractivity contribution >= 4 is 0 Å². The van der Waals surface area contributed by atoms with Gasteiger partial charge in [-0.2, -0.15) is 5.26 Å². The Morgan fingerprint density at radius 2 is 1.71 bits per heavy atom. The third kappa shape index (κ3) is 6.17. The van der Waals surface area contributed by atoms with E-state index < -0.39 is 5.41 Å². The van der Waals surface area contributed by atoms with Crippen molar-refractivity contribution in [3.8, 4) is 17.5 Å². The lowest BCUT2D eigenvalue weighted by atomic mass is 9.90. The van der Waals surface area contributed by atoms with E-state index in [0.29, 0.717) is 11.8 Å². The smallest absolute Gasteiger partial charge is 0.247 e. The zero-order chi connectivity index (χ0) is 21.4. The van der Waals surface area contributed by atoms with Gasteiger partial charge in [0, 0.05) is 18.8 Å². The van der Waals surface area contributed by atoms with Gasteiger partial charge in [0.15, 0.2) is 0 Å². The minimum Gasteiger partial charge on any atom is -0.419 e. The first-order valence-electron chi connectivity index (χ1n) is 12.2. The molecule has 2 aliphatic rings. The molecule has 2 saturated carbocycles. The number of unbranched alkanes of at least 4 members (excludes halogenated alkanes) is 4. The molecule has 2 aromatic rings. The Balaban J connectivity index is 1.08. The van der Waals surface area contributed by atoms with E-state index in [1.165, 1.54) is 69.8 Å². The summed E-state index contributed by atoms with van der Waals surface area (Å²) in [5.74, 6) is 1.80. The molecule has 2 aliphatic carbocycles. The van der Waals surface area contributed by atoms with Gasteiger partial charge in [-0.15, -0.1) is 10.2 Å². The SMILES string of the molecule is N#CC1(c2nnc(-c3ccc(CCCCCCCOCC4CCCCC4)cc3)o2)CC1. The van der Waals surface area contributed by atoms with Crippen LogP contribution in [0.15, 0.2) is 28.7 Å². The normalized spacial score (nSPS) is 18.0. The van der Waals surface area contributed by atoms with Crippen LogP contribution in [0.1, 0.15) is 88.5 Å². The van der Waals surface area contributed by atoms with Gasteiger partial charge in [-0.25, -0.2) is 0 Å². The molecule has 0 unspecified atom stereocenters. The maximum Gasteiger partial charge on any atom is 0.247 e. The Hall–Kier alpha value is -2.19. The largest absolute Gasteiger partial charge is 0.419 e. The van der Waals surface area contributed by atoms with Gasteiger partial charge < -0.3 is 9.15 Å². The second-order valence-corrected chi connectivity index (χ2v) is 9.40. The number of benzene rings is 1. The molecular weight excluding hydrogens is 386 g/mol. The number of nitriles is 1. The predicted molar refractivity (Wildman–Crippen MR) is 120 cm³/mol. The average Bonchev–Trinajstić information content (AvgIpc) is 3.46. The first-order valence-corrected chi connectivity index (χ1v) is 12.2. The molecule has 0 amide bonds. The van der Waals surface area contributed by atoms with Gasteiger partial charge in [-0.05, 0) is 68.6 Å². The van der Waals surface area contributed by atoms with Gasteiger partial charge in [0.2, 0.25) is 11.8 Å². The van der Waals surface area contributed by atoms with Crippen LogP contribution in [0.4, 0.5) is 0 Å². The van der Waals surface area contributed by atoms with E-state index in [1.54, 1.807) is 0 Å². The molecule has 5 heteroatoms. The summed E-state index contributed by atoms with van der Waals surface area (Å²) in [4.78, 5) is 0. The highest BCUT2D eigenvalue weighted by Gasteiger charge is 2.50. The van der Waals surface area contributed by atoms with E-state index in [2.05, 4.69) is 28.4 Å². The number of hydrogen-bond donors (Lipinski definition) is 0. The number of rotatable bonds is 12. The molecule has 0 atom stereocenters. The summed E-state index contributed by atoms with van der Waals surface area (Å²) in [6, 6.07) is 10.7. The highest BCUT2D eigenvalue weighted by atomic mass is 16.5. The summed E-state index contributed by atoms with van der Waals surface area (Å²) < 4.78 is 11.7. The molecule has 0 bridgehead atoms. The quantitative estimate of drug-likeness (QED) is 0.372. The predicted octanol–water partition coefficient (Wildman–Crippen LogP) is 6.38. The van der Waals surface area contributed by atoms with E-state index in [-0.39, 0.29) is 0 Å². The molecule has 0 saturated heterocycles. The highest BCUT2D eigenvalue weighted by Crippen LogP contribution is 2.47. The lowest BCUT2D eigenvalue weighted by Gasteiger charge is -2.21. The topological polar surface area (TPSA) is 71.9 Å². The van der Waals surface area contributed by atoms with Crippen LogP contribution in [-0.2, 0) is 16.6 Å². The van der Waals surface area contributed by atoms with Gasteiger partial charge in [0.25, 0.3) is 0 Å². The van der Waals surface area contributed by atoms with E-state index in [9.17, 15) is 5.26 Å². The number of ether oxygens (including phenoxy) is 1. The summed E-state index contributed by atoms with van der Waals surface area (Å²) in [5, 5.41) is 17.5. The first kappa shape index (κ1) is 22.0. The summed E-state index contributed by atoms with van der Waals surface area (Å²) in [6.07, 6.45) is 16.0. The van der Waals surface area contributed by atoms with Crippen molar-refractivity contribution in [1.29, 1.82) is 5.26 Å². The average molecular weight is 422 g/mol. The van der Waals surface area contributed by atoms with Gasteiger partial charge >= 0.3 is 0 Å². The Kier molecular flexibility index (Phi) is 7.75. The minimum atomic E-state index is -0.521. The van der Waals surface area contributed by atoms with Crippen molar-refractivity contribution in [2.45, 2.75) is 88.9 Å². The number of nitrogens with zero attached hydrogens (tertiary/aromatic N) is 3. The Morgan fingerprint density at radius 1 is 0.968 bits per heavy atom. The minimum absolute atomic E-state index is 0.466. The standard InChI is InChI=1S/C26H35N3O2/c27-20-26(16-17-26)25-29-28-24(31-25)23-14-12-21(13-15-23)9-5-2-1-3-8-18-30-19-22-10-6-4-7-11-22/h12-15,22H,1-11,16-19H2. The second-order valence-electron chi connectivity index (χ2n) is 9.40. The molecular formula is C26H35N3O2. The number of aryl methyl sites for hydroxylation is 1. The van der Waals surface area contributed by atoms with Crippen LogP contribution in [-0.4, -0.2) is 23.4 Å². The monoisotopic (exact) mass is 421 g/mol. The second kappa shape index (κ2) is 10.9. The fourth-order valence-electron chi connectivity index (χ4n) is 4.51. The van der Waals surface area contributed by atoms with Crippen molar-refractivity contribution in [3.63, 3.8) is 0 Å². The molecule has 4 rings (SSSR count). The zero-order valence-corrected chi connectivity index (χ0v) is 18.7. The van der Waals surface area contributed by atoms with E-state index in [1.807, 2.05) is 12.1 Å². The van der Waals surface area contributed by atoms with Crippen LogP contribution in [0.2, 0.25) is 0 Å². The maximum absolute atomic E-state index is 9.27. The van der Waals surface area contributed by atoms with E-state index >= 15 is 0 Å². The van der Waals surface area contributed by atoms with Crippen molar-refractivity contribution < 1.29 is 9.15 Å².